The molecule has 6 heteroatoms. The van der Waals surface area contributed by atoms with Gasteiger partial charge in [-0.05, 0) is 18.6 Å². The highest BCUT2D eigenvalue weighted by Gasteiger charge is 2.02. The highest BCUT2D eigenvalue weighted by Crippen LogP contribution is 2.06. The van der Waals surface area contributed by atoms with Gasteiger partial charge in [0, 0.05) is 12.1 Å². The molecule has 0 saturated heterocycles. The molecule has 0 fully saturated rings. The predicted molar refractivity (Wildman–Crippen MR) is 70.7 cm³/mol. The number of hydrogen-bond donors (Lipinski definition) is 3. The molecule has 0 saturated carbocycles. The second-order valence-electron chi connectivity index (χ2n) is 4.15. The van der Waals surface area contributed by atoms with Crippen LogP contribution in [0.5, 0.6) is 0 Å². The van der Waals surface area contributed by atoms with Crippen molar-refractivity contribution in [2.24, 2.45) is 10.9 Å². The minimum absolute atomic E-state index is 0.102. The number of aromatic nitrogens is 1. The molecule has 0 spiro atoms. The van der Waals surface area contributed by atoms with Crippen molar-refractivity contribution in [3.8, 4) is 0 Å². The third kappa shape index (κ3) is 3.56. The summed E-state index contributed by atoms with van der Waals surface area (Å²) in [6, 6.07) is 7.47. The second-order valence-corrected chi connectivity index (χ2v) is 4.15. The first-order valence-electron chi connectivity index (χ1n) is 5.88. The van der Waals surface area contributed by atoms with E-state index in [1.54, 1.807) is 12.3 Å². The molecule has 0 unspecified atom stereocenters. The number of oxazole rings is 1. The lowest BCUT2D eigenvalue weighted by Crippen LogP contribution is -2.15. The van der Waals surface area contributed by atoms with E-state index in [0.717, 1.165) is 11.3 Å². The highest BCUT2D eigenvalue weighted by atomic mass is 16.4. The Morgan fingerprint density at radius 1 is 1.47 bits per heavy atom. The average Bonchev–Trinajstić information content (AvgIpc) is 2.84. The fourth-order valence-corrected chi connectivity index (χ4v) is 1.70. The molecular formula is C13H16N4O2. The molecule has 6 nitrogen and oxygen atoms in total. The summed E-state index contributed by atoms with van der Waals surface area (Å²) < 4.78 is 5.36. The number of amidine groups is 1. The lowest BCUT2D eigenvalue weighted by Gasteiger charge is -2.05. The van der Waals surface area contributed by atoms with Crippen molar-refractivity contribution in [3.63, 3.8) is 0 Å². The molecule has 4 N–H and O–H groups in total. The largest absolute Gasteiger partial charge is 0.445 e. The van der Waals surface area contributed by atoms with Crippen LogP contribution < -0.4 is 11.1 Å². The standard InChI is InChI=1S/C13H16N4O2/c1-9-6-16-12(19-9)8-15-7-10-3-2-4-11(5-10)13(14)17-18/h2-6,15,18H,7-8H2,1H3,(H2,14,17). The molecule has 100 valence electrons. The van der Waals surface area contributed by atoms with Gasteiger partial charge in [0.25, 0.3) is 0 Å². The van der Waals surface area contributed by atoms with Gasteiger partial charge in [-0.15, -0.1) is 0 Å². The van der Waals surface area contributed by atoms with Crippen LogP contribution in [0.1, 0.15) is 22.8 Å². The molecule has 0 bridgehead atoms. The van der Waals surface area contributed by atoms with Crippen LogP contribution in [0.15, 0.2) is 40.0 Å². The van der Waals surface area contributed by atoms with Crippen LogP contribution in [0.4, 0.5) is 0 Å². The van der Waals surface area contributed by atoms with Crippen LogP contribution in [-0.2, 0) is 13.1 Å². The minimum atomic E-state index is 0.102. The summed E-state index contributed by atoms with van der Waals surface area (Å²) in [4.78, 5) is 4.10. The van der Waals surface area contributed by atoms with Gasteiger partial charge >= 0.3 is 0 Å². The quantitative estimate of drug-likeness (QED) is 0.326. The molecule has 1 heterocycles. The summed E-state index contributed by atoms with van der Waals surface area (Å²) in [7, 11) is 0. The third-order valence-electron chi connectivity index (χ3n) is 2.60. The van der Waals surface area contributed by atoms with Gasteiger partial charge in [0.05, 0.1) is 12.7 Å². The number of rotatable bonds is 5. The van der Waals surface area contributed by atoms with E-state index in [1.165, 1.54) is 0 Å². The van der Waals surface area contributed by atoms with Crippen LogP contribution in [0.25, 0.3) is 0 Å². The Morgan fingerprint density at radius 3 is 3.00 bits per heavy atom. The molecule has 0 aliphatic heterocycles. The zero-order valence-corrected chi connectivity index (χ0v) is 10.6. The fourth-order valence-electron chi connectivity index (χ4n) is 1.70. The lowest BCUT2D eigenvalue weighted by molar-refractivity contribution is 0.318. The van der Waals surface area contributed by atoms with E-state index in [0.29, 0.717) is 24.5 Å². The summed E-state index contributed by atoms with van der Waals surface area (Å²) in [5.74, 6) is 1.56. The Labute approximate surface area is 110 Å². The average molecular weight is 260 g/mol. The Kier molecular flexibility index (Phi) is 4.15. The normalized spacial score (nSPS) is 11.7. The number of hydrogen-bond acceptors (Lipinski definition) is 5. The first-order valence-corrected chi connectivity index (χ1v) is 5.88. The zero-order valence-electron chi connectivity index (χ0n) is 10.6. The highest BCUT2D eigenvalue weighted by molar-refractivity contribution is 5.97. The van der Waals surface area contributed by atoms with Crippen LogP contribution >= 0.6 is 0 Å². The van der Waals surface area contributed by atoms with E-state index in [4.69, 9.17) is 15.4 Å². The van der Waals surface area contributed by atoms with Gasteiger partial charge in [-0.25, -0.2) is 4.98 Å². The Morgan fingerprint density at radius 2 is 2.32 bits per heavy atom. The molecule has 1 aromatic heterocycles. The number of aryl methyl sites for hydroxylation is 1. The Bertz CT molecular complexity index is 578. The fraction of sp³-hybridized carbons (Fsp3) is 0.231. The topological polar surface area (TPSA) is 96.7 Å². The van der Waals surface area contributed by atoms with Crippen LogP contribution in [-0.4, -0.2) is 16.0 Å². The molecule has 0 amide bonds. The van der Waals surface area contributed by atoms with Crippen LogP contribution in [0.3, 0.4) is 0 Å². The van der Waals surface area contributed by atoms with Gasteiger partial charge in [-0.1, -0.05) is 23.4 Å². The lowest BCUT2D eigenvalue weighted by atomic mass is 10.1. The summed E-state index contributed by atoms with van der Waals surface area (Å²) in [5, 5.41) is 14.8. The number of benzene rings is 1. The van der Waals surface area contributed by atoms with Gasteiger partial charge in [0.15, 0.2) is 5.84 Å². The van der Waals surface area contributed by atoms with Crippen molar-refractivity contribution in [1.82, 2.24) is 10.3 Å². The van der Waals surface area contributed by atoms with Crippen LogP contribution in [0, 0.1) is 6.92 Å². The van der Waals surface area contributed by atoms with Crippen LogP contribution in [0.2, 0.25) is 0 Å². The van der Waals surface area contributed by atoms with Crippen molar-refractivity contribution in [2.45, 2.75) is 20.0 Å². The van der Waals surface area contributed by atoms with Crippen molar-refractivity contribution in [2.75, 3.05) is 0 Å². The molecule has 2 aromatic rings. The maximum atomic E-state index is 8.63. The zero-order chi connectivity index (χ0) is 13.7. The van der Waals surface area contributed by atoms with Gasteiger partial charge in [0.2, 0.25) is 5.89 Å². The molecule has 0 aliphatic rings. The molecule has 0 atom stereocenters. The SMILES string of the molecule is Cc1cnc(CNCc2cccc(/C(N)=N/O)c2)o1. The molecule has 2 rings (SSSR count). The maximum Gasteiger partial charge on any atom is 0.208 e. The van der Waals surface area contributed by atoms with Crippen molar-refractivity contribution in [3.05, 3.63) is 53.2 Å². The molecular weight excluding hydrogens is 244 g/mol. The summed E-state index contributed by atoms with van der Waals surface area (Å²) in [5.41, 5.74) is 7.26. The summed E-state index contributed by atoms with van der Waals surface area (Å²) in [6.45, 7) is 3.06. The number of nitrogens with two attached hydrogens (primary N) is 1. The first-order chi connectivity index (χ1) is 9.19. The van der Waals surface area contributed by atoms with Gasteiger partial charge in [-0.2, -0.15) is 0 Å². The molecule has 19 heavy (non-hydrogen) atoms. The smallest absolute Gasteiger partial charge is 0.208 e. The maximum absolute atomic E-state index is 8.63. The van der Waals surface area contributed by atoms with Gasteiger partial charge < -0.3 is 20.7 Å². The number of nitrogens with zero attached hydrogens (tertiary/aromatic N) is 2. The van der Waals surface area contributed by atoms with E-state index in [-0.39, 0.29) is 5.84 Å². The van der Waals surface area contributed by atoms with Crippen molar-refractivity contribution < 1.29 is 9.62 Å². The monoisotopic (exact) mass is 260 g/mol. The molecule has 0 radical (unpaired) electrons. The van der Waals surface area contributed by atoms with Gasteiger partial charge in [0.1, 0.15) is 5.76 Å². The summed E-state index contributed by atoms with van der Waals surface area (Å²) >= 11 is 0. The summed E-state index contributed by atoms with van der Waals surface area (Å²) in [6.07, 6.45) is 1.69. The molecule has 0 aliphatic carbocycles. The third-order valence-corrected chi connectivity index (χ3v) is 2.60. The Balaban J connectivity index is 1.92. The Hall–Kier alpha value is -2.34. The second kappa shape index (κ2) is 6.01. The number of nitrogens with one attached hydrogen (secondary N) is 1. The van der Waals surface area contributed by atoms with Gasteiger partial charge in [-0.3, -0.25) is 0 Å². The van der Waals surface area contributed by atoms with E-state index in [9.17, 15) is 0 Å². The molecule has 1 aromatic carbocycles. The number of oxime groups is 1. The first kappa shape index (κ1) is 13.1. The van der Waals surface area contributed by atoms with Crippen molar-refractivity contribution in [1.29, 1.82) is 0 Å². The predicted octanol–water partition coefficient (Wildman–Crippen LogP) is 1.37. The van der Waals surface area contributed by atoms with Crippen molar-refractivity contribution >= 4 is 5.84 Å². The van der Waals surface area contributed by atoms with E-state index in [1.807, 2.05) is 25.1 Å². The minimum Gasteiger partial charge on any atom is -0.445 e. The van der Waals surface area contributed by atoms with E-state index >= 15 is 0 Å². The van der Waals surface area contributed by atoms with E-state index < -0.39 is 0 Å². The van der Waals surface area contributed by atoms with E-state index in [2.05, 4.69) is 15.5 Å².